The van der Waals surface area contributed by atoms with E-state index in [2.05, 4.69) is 29.4 Å². The smallest absolute Gasteiger partial charge is 0.265 e. The van der Waals surface area contributed by atoms with E-state index in [0.29, 0.717) is 28.1 Å². The van der Waals surface area contributed by atoms with Gasteiger partial charge in [0.2, 0.25) is 5.13 Å². The minimum Gasteiger partial charge on any atom is -0.496 e. The van der Waals surface area contributed by atoms with E-state index in [1.165, 1.54) is 25.6 Å². The first kappa shape index (κ1) is 18.2. The molecular weight excluding hydrogens is 326 g/mol. The van der Waals surface area contributed by atoms with Crippen molar-refractivity contribution in [3.05, 3.63) is 28.8 Å². The van der Waals surface area contributed by atoms with Gasteiger partial charge in [-0.05, 0) is 25.0 Å². The Morgan fingerprint density at radius 1 is 1.21 bits per heavy atom. The summed E-state index contributed by atoms with van der Waals surface area (Å²) in [5.41, 5.74) is 0.347. The van der Waals surface area contributed by atoms with Crippen molar-refractivity contribution < 1.29 is 14.3 Å². The predicted molar refractivity (Wildman–Crippen MR) is 95.3 cm³/mol. The number of nitrogens with one attached hydrogen (secondary N) is 1. The summed E-state index contributed by atoms with van der Waals surface area (Å²) in [5.74, 6) is 0.970. The van der Waals surface area contributed by atoms with Crippen molar-refractivity contribution in [2.24, 2.45) is 0 Å². The fourth-order valence-electron chi connectivity index (χ4n) is 2.54. The molecule has 0 fully saturated rings. The van der Waals surface area contributed by atoms with Crippen molar-refractivity contribution in [3.8, 4) is 11.5 Å². The zero-order chi connectivity index (χ0) is 17.5. The Labute approximate surface area is 146 Å². The molecule has 0 spiro atoms. The van der Waals surface area contributed by atoms with Gasteiger partial charge in [0.05, 0.1) is 14.2 Å². The van der Waals surface area contributed by atoms with E-state index in [4.69, 9.17) is 9.47 Å². The number of amides is 1. The van der Waals surface area contributed by atoms with Crippen LogP contribution in [-0.4, -0.2) is 30.3 Å². The lowest BCUT2D eigenvalue weighted by Crippen LogP contribution is -2.14. The summed E-state index contributed by atoms with van der Waals surface area (Å²) in [6.07, 6.45) is 3.17. The van der Waals surface area contributed by atoms with Gasteiger partial charge in [-0.1, -0.05) is 37.7 Å². The number of ether oxygens (including phenoxy) is 2. The summed E-state index contributed by atoms with van der Waals surface area (Å²) in [6, 6.07) is 5.21. The molecule has 1 aromatic carbocycles. The summed E-state index contributed by atoms with van der Waals surface area (Å²) >= 11 is 1.42. The second-order valence-corrected chi connectivity index (χ2v) is 6.34. The largest absolute Gasteiger partial charge is 0.496 e. The minimum absolute atomic E-state index is 0.324. The molecule has 0 aliphatic carbocycles. The molecule has 6 nitrogen and oxygen atoms in total. The number of carbonyl (C=O) groups is 1. The number of hydrogen-bond donors (Lipinski definition) is 1. The lowest BCUT2D eigenvalue weighted by Gasteiger charge is -2.11. The monoisotopic (exact) mass is 349 g/mol. The van der Waals surface area contributed by atoms with Gasteiger partial charge in [0.15, 0.2) is 0 Å². The molecule has 0 aliphatic heterocycles. The van der Waals surface area contributed by atoms with Crippen LogP contribution in [0, 0.1) is 0 Å². The maximum atomic E-state index is 12.6. The van der Waals surface area contributed by atoms with Crippen molar-refractivity contribution in [2.75, 3.05) is 19.5 Å². The molecule has 1 amide bonds. The van der Waals surface area contributed by atoms with Crippen LogP contribution in [0.25, 0.3) is 0 Å². The molecule has 130 valence electrons. The van der Waals surface area contributed by atoms with Gasteiger partial charge in [0.1, 0.15) is 22.1 Å². The molecule has 1 atom stereocenters. The van der Waals surface area contributed by atoms with Gasteiger partial charge in [0.25, 0.3) is 5.91 Å². The number of carbonyl (C=O) groups excluding carboxylic acids is 1. The Kier molecular flexibility index (Phi) is 6.54. The van der Waals surface area contributed by atoms with E-state index in [0.717, 1.165) is 24.3 Å². The number of hydrogen-bond acceptors (Lipinski definition) is 6. The van der Waals surface area contributed by atoms with Gasteiger partial charge < -0.3 is 9.47 Å². The average molecular weight is 349 g/mol. The number of anilines is 1. The first-order valence-corrected chi connectivity index (χ1v) is 8.81. The predicted octanol–water partition coefficient (Wildman–Crippen LogP) is 4.10. The zero-order valence-electron chi connectivity index (χ0n) is 14.5. The van der Waals surface area contributed by atoms with E-state index in [1.54, 1.807) is 18.2 Å². The van der Waals surface area contributed by atoms with Crippen LogP contribution in [0.15, 0.2) is 18.2 Å². The molecule has 0 saturated carbocycles. The standard InChI is InChI=1S/C17H23N3O3S/c1-5-8-11(6-2)16-19-20-17(24-16)18-15(21)14-12(22-3)9-7-10-13(14)23-4/h7,9-11H,5-6,8H2,1-4H3,(H,18,20,21). The maximum absolute atomic E-state index is 12.6. The van der Waals surface area contributed by atoms with Crippen molar-refractivity contribution in [2.45, 2.75) is 39.0 Å². The second-order valence-electron chi connectivity index (χ2n) is 5.33. The van der Waals surface area contributed by atoms with Crippen molar-refractivity contribution in [1.82, 2.24) is 10.2 Å². The average Bonchev–Trinajstić information content (AvgIpc) is 3.06. The molecule has 2 aromatic rings. The van der Waals surface area contributed by atoms with Crippen LogP contribution >= 0.6 is 11.3 Å². The van der Waals surface area contributed by atoms with Crippen LogP contribution in [0.3, 0.4) is 0 Å². The quantitative estimate of drug-likeness (QED) is 0.776. The van der Waals surface area contributed by atoms with Crippen molar-refractivity contribution in [3.63, 3.8) is 0 Å². The van der Waals surface area contributed by atoms with Gasteiger partial charge in [-0.15, -0.1) is 10.2 Å². The van der Waals surface area contributed by atoms with Gasteiger partial charge in [0, 0.05) is 5.92 Å². The minimum atomic E-state index is -0.324. The summed E-state index contributed by atoms with van der Waals surface area (Å²) in [4.78, 5) is 12.6. The van der Waals surface area contributed by atoms with Crippen molar-refractivity contribution >= 4 is 22.4 Å². The first-order chi connectivity index (χ1) is 11.6. The van der Waals surface area contributed by atoms with E-state index in [9.17, 15) is 4.79 Å². The van der Waals surface area contributed by atoms with Gasteiger partial charge >= 0.3 is 0 Å². The zero-order valence-corrected chi connectivity index (χ0v) is 15.3. The summed E-state index contributed by atoms with van der Waals surface area (Å²) < 4.78 is 10.5. The van der Waals surface area contributed by atoms with Crippen molar-refractivity contribution in [1.29, 1.82) is 0 Å². The normalized spacial score (nSPS) is 11.8. The molecule has 1 unspecified atom stereocenters. The molecule has 1 N–H and O–H groups in total. The Morgan fingerprint density at radius 2 is 1.88 bits per heavy atom. The van der Waals surface area contributed by atoms with E-state index in [1.807, 2.05) is 0 Å². The van der Waals surface area contributed by atoms with Crippen LogP contribution in [0.1, 0.15) is 54.4 Å². The number of benzene rings is 1. The Morgan fingerprint density at radius 3 is 2.42 bits per heavy atom. The fourth-order valence-corrected chi connectivity index (χ4v) is 3.49. The topological polar surface area (TPSA) is 73.3 Å². The van der Waals surface area contributed by atoms with Crippen LogP contribution in [0.2, 0.25) is 0 Å². The molecular formula is C17H23N3O3S. The summed E-state index contributed by atoms with van der Waals surface area (Å²) in [6.45, 7) is 4.29. The van der Waals surface area contributed by atoms with Crippen LogP contribution < -0.4 is 14.8 Å². The third-order valence-electron chi connectivity index (χ3n) is 3.80. The SMILES string of the molecule is CCCC(CC)c1nnc(NC(=O)c2c(OC)cccc2OC)s1. The molecule has 1 heterocycles. The molecule has 2 rings (SSSR count). The highest BCUT2D eigenvalue weighted by molar-refractivity contribution is 7.15. The third kappa shape index (κ3) is 4.03. The second kappa shape index (κ2) is 8.63. The molecule has 24 heavy (non-hydrogen) atoms. The molecule has 0 saturated heterocycles. The number of nitrogens with zero attached hydrogens (tertiary/aromatic N) is 2. The Bertz CT molecular complexity index is 665. The van der Waals surface area contributed by atoms with E-state index in [-0.39, 0.29) is 5.91 Å². The Balaban J connectivity index is 2.20. The van der Waals surface area contributed by atoms with E-state index >= 15 is 0 Å². The van der Waals surface area contributed by atoms with Gasteiger partial charge in [-0.25, -0.2) is 0 Å². The highest BCUT2D eigenvalue weighted by atomic mass is 32.1. The number of methoxy groups -OCH3 is 2. The van der Waals surface area contributed by atoms with Gasteiger partial charge in [-0.2, -0.15) is 0 Å². The highest BCUT2D eigenvalue weighted by Crippen LogP contribution is 2.32. The molecule has 7 heteroatoms. The summed E-state index contributed by atoms with van der Waals surface area (Å²) in [5, 5.41) is 12.6. The lowest BCUT2D eigenvalue weighted by atomic mass is 10.0. The molecule has 0 radical (unpaired) electrons. The highest BCUT2D eigenvalue weighted by Gasteiger charge is 2.21. The van der Waals surface area contributed by atoms with Crippen LogP contribution in [-0.2, 0) is 0 Å². The lowest BCUT2D eigenvalue weighted by molar-refractivity contribution is 0.102. The number of rotatable bonds is 8. The van der Waals surface area contributed by atoms with Crippen LogP contribution in [0.5, 0.6) is 11.5 Å². The summed E-state index contributed by atoms with van der Waals surface area (Å²) in [7, 11) is 3.04. The first-order valence-electron chi connectivity index (χ1n) is 8.00. The van der Waals surface area contributed by atoms with Crippen LogP contribution in [0.4, 0.5) is 5.13 Å². The molecule has 0 aliphatic rings. The Hall–Kier alpha value is -2.15. The maximum Gasteiger partial charge on any atom is 0.265 e. The fraction of sp³-hybridized carbons (Fsp3) is 0.471. The number of aromatic nitrogens is 2. The molecule has 1 aromatic heterocycles. The van der Waals surface area contributed by atoms with Gasteiger partial charge in [-0.3, -0.25) is 10.1 Å². The van der Waals surface area contributed by atoms with E-state index < -0.39 is 0 Å². The molecule has 0 bridgehead atoms. The third-order valence-corrected chi connectivity index (χ3v) is 4.80.